The zero-order chi connectivity index (χ0) is 28.1. The Balaban J connectivity index is 1.43. The molecular formula is C33H26N4O3S. The number of carbonyl (C=O) groups excluding carboxylic acids is 1. The third-order valence-electron chi connectivity index (χ3n) is 7.65. The second-order valence-corrected chi connectivity index (χ2v) is 11.4. The second kappa shape index (κ2) is 9.98. The van der Waals surface area contributed by atoms with Crippen molar-refractivity contribution in [1.29, 1.82) is 0 Å². The number of rotatable bonds is 6. The quantitative estimate of drug-likeness (QED) is 0.241. The lowest BCUT2D eigenvalue weighted by molar-refractivity contribution is -0.135. The summed E-state index contributed by atoms with van der Waals surface area (Å²) in [5.41, 5.74) is 8.11. The number of aromatic carboxylic acids is 1. The molecule has 1 saturated heterocycles. The first-order valence-electron chi connectivity index (χ1n) is 13.5. The van der Waals surface area contributed by atoms with E-state index in [2.05, 4.69) is 17.1 Å². The maximum absolute atomic E-state index is 13.3. The fourth-order valence-corrected chi connectivity index (χ4v) is 6.53. The van der Waals surface area contributed by atoms with Crippen molar-refractivity contribution in [2.75, 3.05) is 13.1 Å². The topological polar surface area (TPSA) is 88.3 Å². The average Bonchev–Trinajstić information content (AvgIpc) is 3.50. The molecule has 1 aliphatic rings. The Kier molecular flexibility index (Phi) is 6.12. The lowest BCUT2D eigenvalue weighted by atomic mass is 9.99. The van der Waals surface area contributed by atoms with Crippen LogP contribution in [0, 0.1) is 6.92 Å². The van der Waals surface area contributed by atoms with Crippen LogP contribution >= 0.6 is 11.3 Å². The van der Waals surface area contributed by atoms with Gasteiger partial charge >= 0.3 is 5.97 Å². The fraction of sp³-hybridized carbons (Fsp3) is 0.152. The molecule has 0 radical (unpaired) electrons. The number of aryl methyl sites for hydroxylation is 1. The first-order chi connectivity index (χ1) is 20.0. The minimum atomic E-state index is -0.969. The minimum Gasteiger partial charge on any atom is -0.477 e. The molecule has 7 nitrogen and oxygen atoms in total. The van der Waals surface area contributed by atoms with Crippen LogP contribution in [0.1, 0.15) is 21.7 Å². The van der Waals surface area contributed by atoms with Gasteiger partial charge < -0.3 is 14.6 Å². The normalized spacial score (nSPS) is 13.0. The van der Waals surface area contributed by atoms with Crippen molar-refractivity contribution >= 4 is 44.3 Å². The first kappa shape index (κ1) is 25.2. The SMILES string of the molecule is Cc1ccnc(-c2ccc3cc(-c4c(-c5ccccc5)c5sc(C(=O)O)cc5n4CC(=O)N4CCC4)ccc3n2)c1. The molecule has 4 aromatic heterocycles. The molecule has 0 atom stereocenters. The van der Waals surface area contributed by atoms with E-state index in [0.29, 0.717) is 0 Å². The molecule has 41 heavy (non-hydrogen) atoms. The van der Waals surface area contributed by atoms with E-state index in [1.165, 1.54) is 11.3 Å². The molecule has 8 heteroatoms. The van der Waals surface area contributed by atoms with Crippen molar-refractivity contribution in [2.24, 2.45) is 0 Å². The Morgan fingerprint density at radius 1 is 0.927 bits per heavy atom. The first-order valence-corrected chi connectivity index (χ1v) is 14.3. The van der Waals surface area contributed by atoms with Gasteiger partial charge in [0.15, 0.2) is 0 Å². The highest BCUT2D eigenvalue weighted by Gasteiger charge is 2.28. The van der Waals surface area contributed by atoms with Crippen LogP contribution in [0.15, 0.2) is 85.1 Å². The van der Waals surface area contributed by atoms with Crippen molar-refractivity contribution in [2.45, 2.75) is 19.9 Å². The van der Waals surface area contributed by atoms with Gasteiger partial charge in [-0.2, -0.15) is 0 Å². The second-order valence-electron chi connectivity index (χ2n) is 10.4. The predicted octanol–water partition coefficient (Wildman–Crippen LogP) is 6.89. The Labute approximate surface area is 240 Å². The number of aromatic nitrogens is 3. The molecule has 7 rings (SSSR count). The van der Waals surface area contributed by atoms with Gasteiger partial charge in [-0.15, -0.1) is 11.3 Å². The summed E-state index contributed by atoms with van der Waals surface area (Å²) in [6.07, 6.45) is 2.80. The van der Waals surface area contributed by atoms with Crippen LogP contribution in [0.2, 0.25) is 0 Å². The van der Waals surface area contributed by atoms with E-state index in [1.54, 1.807) is 12.3 Å². The summed E-state index contributed by atoms with van der Waals surface area (Å²) in [5.74, 6) is -0.932. The zero-order valence-electron chi connectivity index (χ0n) is 22.4. The maximum atomic E-state index is 13.3. The Bertz CT molecular complexity index is 1970. The minimum absolute atomic E-state index is 0.0369. The molecule has 202 valence electrons. The molecule has 6 aromatic rings. The van der Waals surface area contributed by atoms with E-state index < -0.39 is 5.97 Å². The van der Waals surface area contributed by atoms with E-state index in [-0.39, 0.29) is 17.3 Å². The van der Waals surface area contributed by atoms with Crippen LogP contribution in [-0.2, 0) is 11.3 Å². The average molecular weight is 559 g/mol. The highest BCUT2D eigenvalue weighted by atomic mass is 32.1. The lowest BCUT2D eigenvalue weighted by Gasteiger charge is -2.31. The van der Waals surface area contributed by atoms with Gasteiger partial charge in [-0.05, 0) is 66.4 Å². The fourth-order valence-electron chi connectivity index (χ4n) is 5.46. The van der Waals surface area contributed by atoms with Gasteiger partial charge in [0, 0.05) is 30.2 Å². The van der Waals surface area contributed by atoms with Crippen molar-refractivity contribution in [3.8, 4) is 33.8 Å². The van der Waals surface area contributed by atoms with Gasteiger partial charge in [0.05, 0.1) is 32.8 Å². The highest BCUT2D eigenvalue weighted by molar-refractivity contribution is 7.21. The van der Waals surface area contributed by atoms with E-state index in [4.69, 9.17) is 4.98 Å². The molecule has 1 fully saturated rings. The van der Waals surface area contributed by atoms with Crippen molar-refractivity contribution in [3.63, 3.8) is 0 Å². The van der Waals surface area contributed by atoms with Gasteiger partial charge in [0.2, 0.25) is 5.91 Å². The predicted molar refractivity (Wildman–Crippen MR) is 162 cm³/mol. The Morgan fingerprint density at radius 3 is 2.49 bits per heavy atom. The smallest absolute Gasteiger partial charge is 0.345 e. The molecule has 0 bridgehead atoms. The summed E-state index contributed by atoms with van der Waals surface area (Å²) >= 11 is 1.25. The van der Waals surface area contributed by atoms with Crippen LogP contribution in [0.4, 0.5) is 0 Å². The van der Waals surface area contributed by atoms with Gasteiger partial charge in [0.25, 0.3) is 0 Å². The third-order valence-corrected chi connectivity index (χ3v) is 8.78. The molecule has 1 amide bonds. The number of carbonyl (C=O) groups is 2. The largest absolute Gasteiger partial charge is 0.477 e. The number of benzene rings is 2. The molecule has 1 aliphatic heterocycles. The van der Waals surface area contributed by atoms with Gasteiger partial charge in [-0.25, -0.2) is 9.78 Å². The van der Waals surface area contributed by atoms with Crippen LogP contribution in [0.3, 0.4) is 0 Å². The number of thiophene rings is 1. The standard InChI is InChI=1S/C33H26N4O3S/c1-20-12-13-34-26(16-20)25-11-8-22-17-23(9-10-24(22)35-25)31-30(21-6-3-2-4-7-21)32-27(18-28(41-32)33(39)40)37(31)19-29(38)36-14-5-15-36/h2-4,6-13,16-18H,5,14-15,19H2,1H3,(H,39,40). The van der Waals surface area contributed by atoms with Gasteiger partial charge in [0.1, 0.15) is 11.4 Å². The van der Waals surface area contributed by atoms with E-state index in [9.17, 15) is 14.7 Å². The number of hydrogen-bond acceptors (Lipinski definition) is 5. The van der Waals surface area contributed by atoms with E-state index >= 15 is 0 Å². The number of fused-ring (bicyclic) bond motifs is 2. The summed E-state index contributed by atoms with van der Waals surface area (Å²) in [6.45, 7) is 3.69. The Morgan fingerprint density at radius 2 is 1.76 bits per heavy atom. The number of carboxylic acids is 1. The van der Waals surface area contributed by atoms with Crippen molar-refractivity contribution in [1.82, 2.24) is 19.4 Å². The molecule has 0 spiro atoms. The molecule has 0 unspecified atom stereocenters. The molecule has 5 heterocycles. The number of nitrogens with zero attached hydrogens (tertiary/aromatic N) is 4. The molecule has 2 aromatic carbocycles. The highest BCUT2D eigenvalue weighted by Crippen LogP contribution is 2.45. The number of carboxylic acid groups (broad SMARTS) is 1. The van der Waals surface area contributed by atoms with Crippen LogP contribution in [0.5, 0.6) is 0 Å². The summed E-state index contributed by atoms with van der Waals surface area (Å²) in [5, 5.41) is 10.8. The van der Waals surface area contributed by atoms with Gasteiger partial charge in [-0.1, -0.05) is 42.5 Å². The number of pyridine rings is 2. The summed E-state index contributed by atoms with van der Waals surface area (Å²) in [6, 6.07) is 25.8. The van der Waals surface area contributed by atoms with Crippen LogP contribution in [0.25, 0.3) is 54.9 Å². The number of hydrogen-bond donors (Lipinski definition) is 1. The maximum Gasteiger partial charge on any atom is 0.345 e. The van der Waals surface area contributed by atoms with E-state index in [0.717, 1.165) is 80.0 Å². The summed E-state index contributed by atoms with van der Waals surface area (Å²) < 4.78 is 2.86. The summed E-state index contributed by atoms with van der Waals surface area (Å²) in [7, 11) is 0. The molecular weight excluding hydrogens is 532 g/mol. The summed E-state index contributed by atoms with van der Waals surface area (Å²) in [4.78, 5) is 36.8. The van der Waals surface area contributed by atoms with Crippen LogP contribution in [-0.4, -0.2) is 49.5 Å². The molecule has 1 N–H and O–H groups in total. The number of likely N-dealkylation sites (tertiary alicyclic amines) is 1. The monoisotopic (exact) mass is 558 g/mol. The van der Waals surface area contributed by atoms with Crippen LogP contribution < -0.4 is 0 Å². The lowest BCUT2D eigenvalue weighted by Crippen LogP contribution is -2.43. The van der Waals surface area contributed by atoms with Gasteiger partial charge in [-0.3, -0.25) is 9.78 Å². The number of amides is 1. The molecule has 0 saturated carbocycles. The third kappa shape index (κ3) is 4.46. The van der Waals surface area contributed by atoms with E-state index in [1.807, 2.05) is 77.1 Å². The van der Waals surface area contributed by atoms with Crippen molar-refractivity contribution < 1.29 is 14.7 Å². The van der Waals surface area contributed by atoms with Crippen molar-refractivity contribution in [3.05, 3.63) is 95.5 Å². The molecule has 0 aliphatic carbocycles. The zero-order valence-corrected chi connectivity index (χ0v) is 23.2. The Hall–Kier alpha value is -4.82.